The quantitative estimate of drug-likeness (QED) is 0.853. The van der Waals surface area contributed by atoms with Crippen molar-refractivity contribution in [2.45, 2.75) is 45.1 Å². The highest BCUT2D eigenvalue weighted by atomic mass is 16.2. The van der Waals surface area contributed by atoms with Gasteiger partial charge in [-0.15, -0.1) is 0 Å². The molecule has 3 unspecified atom stereocenters. The fourth-order valence-electron chi connectivity index (χ4n) is 3.84. The van der Waals surface area contributed by atoms with Gasteiger partial charge in [-0.1, -0.05) is 20.8 Å². The van der Waals surface area contributed by atoms with Gasteiger partial charge >= 0.3 is 0 Å². The van der Waals surface area contributed by atoms with Gasteiger partial charge in [-0.3, -0.25) is 9.48 Å². The molecule has 5 nitrogen and oxygen atoms in total. The molecule has 1 saturated carbocycles. The number of carbonyl (C=O) groups is 1. The van der Waals surface area contributed by atoms with Crippen LogP contribution in [0.1, 0.15) is 49.7 Å². The van der Waals surface area contributed by atoms with E-state index in [9.17, 15) is 4.79 Å². The average Bonchev–Trinajstić information content (AvgIpc) is 3.04. The summed E-state index contributed by atoms with van der Waals surface area (Å²) in [5, 5.41) is 4.51. The van der Waals surface area contributed by atoms with Crippen LogP contribution in [0.15, 0.2) is 6.20 Å². The minimum absolute atomic E-state index is 0.120. The third-order valence-corrected chi connectivity index (χ3v) is 4.97. The number of fused-ring (bicyclic) bond motifs is 1. The van der Waals surface area contributed by atoms with Crippen LogP contribution in [0.4, 0.5) is 0 Å². The molecule has 2 N–H and O–H groups in total. The fourth-order valence-corrected chi connectivity index (χ4v) is 3.84. The molecule has 1 amide bonds. The minimum atomic E-state index is -0.127. The van der Waals surface area contributed by atoms with Gasteiger partial charge in [0.2, 0.25) is 0 Å². The average molecular weight is 290 g/mol. The lowest BCUT2D eigenvalue weighted by atomic mass is 9.89. The summed E-state index contributed by atoms with van der Waals surface area (Å²) in [6.45, 7) is 7.96. The van der Waals surface area contributed by atoms with Crippen molar-refractivity contribution in [3.63, 3.8) is 0 Å². The molecule has 5 heteroatoms. The number of likely N-dealkylation sites (tertiary alicyclic amines) is 1. The normalized spacial score (nSPS) is 29.0. The molecule has 2 aliphatic rings. The summed E-state index contributed by atoms with van der Waals surface area (Å²) in [7, 11) is 1.88. The maximum atomic E-state index is 12.9. The van der Waals surface area contributed by atoms with Crippen LogP contribution in [0.5, 0.6) is 0 Å². The topological polar surface area (TPSA) is 64.2 Å². The van der Waals surface area contributed by atoms with Crippen molar-refractivity contribution in [2.75, 3.05) is 13.1 Å². The summed E-state index contributed by atoms with van der Waals surface area (Å²) in [6, 6.07) is 0.267. The number of aromatic nitrogens is 2. The molecule has 0 radical (unpaired) electrons. The summed E-state index contributed by atoms with van der Waals surface area (Å²) < 4.78 is 1.75. The predicted molar refractivity (Wildman–Crippen MR) is 82.0 cm³/mol. The molecule has 2 fully saturated rings. The first-order valence-corrected chi connectivity index (χ1v) is 7.86. The summed E-state index contributed by atoms with van der Waals surface area (Å²) in [6.07, 6.45) is 4.13. The van der Waals surface area contributed by atoms with E-state index in [0.717, 1.165) is 37.2 Å². The number of nitrogens with zero attached hydrogens (tertiary/aromatic N) is 3. The summed E-state index contributed by atoms with van der Waals surface area (Å²) >= 11 is 0. The molecule has 1 aliphatic heterocycles. The smallest absolute Gasteiger partial charge is 0.257 e. The van der Waals surface area contributed by atoms with Crippen LogP contribution in [0.2, 0.25) is 0 Å². The predicted octanol–water partition coefficient (Wildman–Crippen LogP) is 1.53. The Bertz CT molecular complexity index is 557. The van der Waals surface area contributed by atoms with Gasteiger partial charge in [0.1, 0.15) is 0 Å². The third kappa shape index (κ3) is 2.48. The van der Waals surface area contributed by atoms with Crippen molar-refractivity contribution in [1.29, 1.82) is 0 Å². The molecule has 3 atom stereocenters. The standard InChI is InChI=1S/C16H26N4O/c1-16(2,3)14-12(8-19(4)18-14)15(21)20-7-10-5-6-13(17)11(10)9-20/h8,10-11,13H,5-7,9,17H2,1-4H3. The lowest BCUT2D eigenvalue weighted by Gasteiger charge is -2.21. The Labute approximate surface area is 126 Å². The van der Waals surface area contributed by atoms with E-state index in [2.05, 4.69) is 25.9 Å². The van der Waals surface area contributed by atoms with Crippen LogP contribution in [-0.4, -0.2) is 39.7 Å². The second kappa shape index (κ2) is 4.83. The Morgan fingerprint density at radius 2 is 2.05 bits per heavy atom. The van der Waals surface area contributed by atoms with E-state index in [1.165, 1.54) is 0 Å². The van der Waals surface area contributed by atoms with Gasteiger partial charge in [0.25, 0.3) is 5.91 Å². The van der Waals surface area contributed by atoms with Crippen LogP contribution in [-0.2, 0) is 12.5 Å². The Kier molecular flexibility index (Phi) is 3.35. The lowest BCUT2D eigenvalue weighted by Crippen LogP contribution is -2.34. The molecule has 1 saturated heterocycles. The molecule has 1 aliphatic carbocycles. The molecule has 3 rings (SSSR count). The zero-order valence-electron chi connectivity index (χ0n) is 13.5. The van der Waals surface area contributed by atoms with Crippen molar-refractivity contribution in [3.8, 4) is 0 Å². The maximum absolute atomic E-state index is 12.9. The van der Waals surface area contributed by atoms with Crippen LogP contribution < -0.4 is 5.73 Å². The molecule has 0 spiro atoms. The summed E-state index contributed by atoms with van der Waals surface area (Å²) in [4.78, 5) is 14.9. The van der Waals surface area contributed by atoms with Gasteiger partial charge in [-0.25, -0.2) is 0 Å². The highest BCUT2D eigenvalue weighted by Gasteiger charge is 2.43. The van der Waals surface area contributed by atoms with Gasteiger partial charge in [0.05, 0.1) is 11.3 Å². The minimum Gasteiger partial charge on any atom is -0.338 e. The van der Waals surface area contributed by atoms with Gasteiger partial charge < -0.3 is 10.6 Å². The van der Waals surface area contributed by atoms with Crippen LogP contribution in [0, 0.1) is 11.8 Å². The number of rotatable bonds is 1. The molecule has 1 aromatic heterocycles. The monoisotopic (exact) mass is 290 g/mol. The van der Waals surface area contributed by atoms with Crippen LogP contribution in [0.25, 0.3) is 0 Å². The lowest BCUT2D eigenvalue weighted by molar-refractivity contribution is 0.0777. The number of aryl methyl sites for hydroxylation is 1. The number of nitrogens with two attached hydrogens (primary N) is 1. The Morgan fingerprint density at radius 3 is 2.67 bits per heavy atom. The molecule has 0 bridgehead atoms. The number of hydrogen-bond acceptors (Lipinski definition) is 3. The van der Waals surface area contributed by atoms with Crippen molar-refractivity contribution in [2.24, 2.45) is 24.6 Å². The Morgan fingerprint density at radius 1 is 1.33 bits per heavy atom. The van der Waals surface area contributed by atoms with E-state index < -0.39 is 0 Å². The molecule has 1 aromatic rings. The van der Waals surface area contributed by atoms with Gasteiger partial charge in [-0.2, -0.15) is 5.10 Å². The summed E-state index contributed by atoms with van der Waals surface area (Å²) in [5.41, 5.74) is 7.68. The van der Waals surface area contributed by atoms with E-state index in [1.807, 2.05) is 18.1 Å². The van der Waals surface area contributed by atoms with Gasteiger partial charge in [0.15, 0.2) is 0 Å². The maximum Gasteiger partial charge on any atom is 0.257 e. The third-order valence-electron chi connectivity index (χ3n) is 4.97. The Hall–Kier alpha value is -1.36. The second-order valence-electron chi connectivity index (χ2n) is 7.69. The van der Waals surface area contributed by atoms with Gasteiger partial charge in [0, 0.05) is 37.8 Å². The SMILES string of the molecule is Cn1cc(C(=O)N2CC3CCC(N)C3C2)c(C(C)(C)C)n1. The molecule has 2 heterocycles. The molecule has 0 aromatic carbocycles. The first kappa shape index (κ1) is 14.6. The molecule has 116 valence electrons. The van der Waals surface area contributed by atoms with Crippen molar-refractivity contribution in [3.05, 3.63) is 17.5 Å². The number of amides is 1. The van der Waals surface area contributed by atoms with Gasteiger partial charge in [-0.05, 0) is 24.7 Å². The fraction of sp³-hybridized carbons (Fsp3) is 0.750. The highest BCUT2D eigenvalue weighted by molar-refractivity contribution is 5.95. The second-order valence-corrected chi connectivity index (χ2v) is 7.69. The first-order valence-electron chi connectivity index (χ1n) is 7.86. The van der Waals surface area contributed by atoms with E-state index in [-0.39, 0.29) is 17.4 Å². The zero-order chi connectivity index (χ0) is 15.4. The molecule has 21 heavy (non-hydrogen) atoms. The van der Waals surface area contributed by atoms with E-state index in [1.54, 1.807) is 4.68 Å². The van der Waals surface area contributed by atoms with E-state index in [0.29, 0.717) is 11.8 Å². The van der Waals surface area contributed by atoms with E-state index in [4.69, 9.17) is 5.73 Å². The molecular formula is C16H26N4O. The van der Waals surface area contributed by atoms with E-state index >= 15 is 0 Å². The Balaban J connectivity index is 1.84. The van der Waals surface area contributed by atoms with Crippen molar-refractivity contribution < 1.29 is 4.79 Å². The summed E-state index contributed by atoms with van der Waals surface area (Å²) in [5.74, 6) is 1.21. The van der Waals surface area contributed by atoms with Crippen molar-refractivity contribution >= 4 is 5.91 Å². The first-order chi connectivity index (χ1) is 9.77. The number of carbonyl (C=O) groups excluding carboxylic acids is 1. The molecular weight excluding hydrogens is 264 g/mol. The largest absolute Gasteiger partial charge is 0.338 e. The van der Waals surface area contributed by atoms with Crippen LogP contribution in [0.3, 0.4) is 0 Å². The van der Waals surface area contributed by atoms with Crippen LogP contribution >= 0.6 is 0 Å². The highest BCUT2D eigenvalue weighted by Crippen LogP contribution is 2.38. The van der Waals surface area contributed by atoms with Crippen molar-refractivity contribution in [1.82, 2.24) is 14.7 Å². The zero-order valence-corrected chi connectivity index (χ0v) is 13.5. The number of hydrogen-bond donors (Lipinski definition) is 1.